The summed E-state index contributed by atoms with van der Waals surface area (Å²) in [7, 11) is 0. The van der Waals surface area contributed by atoms with Crippen molar-refractivity contribution in [1.29, 1.82) is 0 Å². The van der Waals surface area contributed by atoms with E-state index in [1.165, 1.54) is 0 Å². The van der Waals surface area contributed by atoms with Crippen LogP contribution < -0.4 is 11.1 Å². The number of hydrogen-bond acceptors (Lipinski definition) is 3. The number of aryl methyl sites for hydroxylation is 1. The average Bonchev–Trinajstić information content (AvgIpc) is 2.90. The van der Waals surface area contributed by atoms with Crippen LogP contribution in [-0.2, 0) is 6.54 Å². The summed E-state index contributed by atoms with van der Waals surface area (Å²) >= 11 is 0. The quantitative estimate of drug-likeness (QED) is 0.577. The summed E-state index contributed by atoms with van der Waals surface area (Å²) in [5.74, 6) is 2.51. The third kappa shape index (κ3) is 4.59. The van der Waals surface area contributed by atoms with Crippen molar-refractivity contribution in [3.63, 3.8) is 0 Å². The highest BCUT2D eigenvalue weighted by molar-refractivity contribution is 5.77. The van der Waals surface area contributed by atoms with Gasteiger partial charge in [0.2, 0.25) is 0 Å². The molecule has 0 saturated heterocycles. The molecule has 0 bridgehead atoms. The molecule has 0 fully saturated rings. The molecule has 2 aromatic rings. The standard InChI is InChI=1S/C15H22N6/c1-10(2)8-17-15(16)18-9-12-5-4-6-13(7-12)14-19-11(3)20-21-14/h4-7,10H,8-9H2,1-3H3,(H3,16,17,18)(H,19,20,21). The van der Waals surface area contributed by atoms with Crippen LogP contribution in [0.25, 0.3) is 11.4 Å². The van der Waals surface area contributed by atoms with Gasteiger partial charge >= 0.3 is 0 Å². The van der Waals surface area contributed by atoms with E-state index in [4.69, 9.17) is 5.73 Å². The molecule has 0 spiro atoms. The lowest BCUT2D eigenvalue weighted by Gasteiger charge is -2.08. The molecule has 6 heteroatoms. The zero-order valence-electron chi connectivity index (χ0n) is 12.7. The van der Waals surface area contributed by atoms with Gasteiger partial charge in [-0.05, 0) is 24.5 Å². The van der Waals surface area contributed by atoms with Gasteiger partial charge in [0.15, 0.2) is 11.8 Å². The highest BCUT2D eigenvalue weighted by Crippen LogP contribution is 2.16. The van der Waals surface area contributed by atoms with E-state index in [-0.39, 0.29) is 0 Å². The number of aromatic amines is 1. The molecule has 0 radical (unpaired) electrons. The number of aromatic nitrogens is 3. The first-order valence-corrected chi connectivity index (χ1v) is 7.06. The van der Waals surface area contributed by atoms with E-state index in [2.05, 4.69) is 39.3 Å². The number of nitrogens with two attached hydrogens (primary N) is 1. The van der Waals surface area contributed by atoms with E-state index < -0.39 is 0 Å². The fourth-order valence-corrected chi connectivity index (χ4v) is 1.82. The maximum Gasteiger partial charge on any atom is 0.188 e. The van der Waals surface area contributed by atoms with Crippen molar-refractivity contribution in [3.8, 4) is 11.4 Å². The Balaban J connectivity index is 2.03. The summed E-state index contributed by atoms with van der Waals surface area (Å²) in [5, 5.41) is 10.1. The minimum atomic E-state index is 0.475. The second-order valence-corrected chi connectivity index (χ2v) is 5.42. The molecule has 0 saturated carbocycles. The summed E-state index contributed by atoms with van der Waals surface area (Å²) < 4.78 is 0. The summed E-state index contributed by atoms with van der Waals surface area (Å²) in [6.45, 7) is 7.50. The number of nitrogens with zero attached hydrogens (tertiary/aromatic N) is 3. The van der Waals surface area contributed by atoms with Crippen molar-refractivity contribution in [3.05, 3.63) is 35.7 Å². The van der Waals surface area contributed by atoms with E-state index in [0.717, 1.165) is 23.5 Å². The molecule has 0 amide bonds. The van der Waals surface area contributed by atoms with Gasteiger partial charge in [-0.15, -0.1) is 0 Å². The van der Waals surface area contributed by atoms with E-state index in [0.29, 0.717) is 24.2 Å². The van der Waals surface area contributed by atoms with E-state index in [1.807, 2.05) is 31.2 Å². The molecule has 6 nitrogen and oxygen atoms in total. The number of aliphatic imine (C=N–C) groups is 1. The van der Waals surface area contributed by atoms with E-state index in [1.54, 1.807) is 0 Å². The highest BCUT2D eigenvalue weighted by atomic mass is 15.2. The zero-order valence-corrected chi connectivity index (χ0v) is 12.7. The summed E-state index contributed by atoms with van der Waals surface area (Å²) in [4.78, 5) is 8.67. The van der Waals surface area contributed by atoms with Crippen LogP contribution in [0.4, 0.5) is 0 Å². The molecule has 0 atom stereocenters. The first-order chi connectivity index (χ1) is 10.0. The summed E-state index contributed by atoms with van der Waals surface area (Å²) in [6.07, 6.45) is 0. The van der Waals surface area contributed by atoms with Gasteiger partial charge in [0.25, 0.3) is 0 Å². The number of H-pyrrole nitrogens is 1. The molecule has 0 aliphatic rings. The van der Waals surface area contributed by atoms with Gasteiger partial charge in [-0.3, -0.25) is 5.10 Å². The van der Waals surface area contributed by atoms with Crippen LogP contribution in [-0.4, -0.2) is 27.7 Å². The zero-order chi connectivity index (χ0) is 15.2. The Hall–Kier alpha value is -2.37. The van der Waals surface area contributed by atoms with Gasteiger partial charge in [0, 0.05) is 12.1 Å². The van der Waals surface area contributed by atoms with Gasteiger partial charge < -0.3 is 11.1 Å². The molecular weight excluding hydrogens is 264 g/mol. The smallest absolute Gasteiger partial charge is 0.188 e. The fourth-order valence-electron chi connectivity index (χ4n) is 1.82. The van der Waals surface area contributed by atoms with Crippen molar-refractivity contribution in [2.75, 3.05) is 6.54 Å². The van der Waals surface area contributed by atoms with Crippen LogP contribution in [0.5, 0.6) is 0 Å². The predicted molar refractivity (Wildman–Crippen MR) is 84.7 cm³/mol. The molecule has 0 aliphatic carbocycles. The average molecular weight is 286 g/mol. The van der Waals surface area contributed by atoms with Gasteiger partial charge in [-0.1, -0.05) is 32.0 Å². The molecule has 4 N–H and O–H groups in total. The van der Waals surface area contributed by atoms with Crippen LogP contribution in [0.1, 0.15) is 25.2 Å². The molecule has 21 heavy (non-hydrogen) atoms. The predicted octanol–water partition coefficient (Wildman–Crippen LogP) is 1.84. The van der Waals surface area contributed by atoms with Crippen LogP contribution in [0.15, 0.2) is 29.3 Å². The van der Waals surface area contributed by atoms with Crippen molar-refractivity contribution < 1.29 is 0 Å². The molecule has 0 unspecified atom stereocenters. The number of guanidine groups is 1. The van der Waals surface area contributed by atoms with Crippen LogP contribution >= 0.6 is 0 Å². The van der Waals surface area contributed by atoms with Gasteiger partial charge in [-0.2, -0.15) is 5.10 Å². The van der Waals surface area contributed by atoms with Gasteiger partial charge in [0.1, 0.15) is 5.82 Å². The monoisotopic (exact) mass is 286 g/mol. The summed E-state index contributed by atoms with van der Waals surface area (Å²) in [6, 6.07) is 8.00. The lowest BCUT2D eigenvalue weighted by Crippen LogP contribution is -2.34. The second kappa shape index (κ2) is 6.88. The third-order valence-corrected chi connectivity index (χ3v) is 2.91. The van der Waals surface area contributed by atoms with Crippen molar-refractivity contribution in [1.82, 2.24) is 20.5 Å². The Labute approximate surface area is 124 Å². The largest absolute Gasteiger partial charge is 0.370 e. The number of nitrogens with one attached hydrogen (secondary N) is 2. The van der Waals surface area contributed by atoms with E-state index >= 15 is 0 Å². The molecule has 1 aromatic heterocycles. The van der Waals surface area contributed by atoms with Crippen LogP contribution in [0.2, 0.25) is 0 Å². The fraction of sp³-hybridized carbons (Fsp3) is 0.400. The first-order valence-electron chi connectivity index (χ1n) is 7.06. The number of hydrogen-bond donors (Lipinski definition) is 3. The SMILES string of the molecule is Cc1nc(-c2cccc(CN=C(N)NCC(C)C)c2)n[nH]1. The Morgan fingerprint density at radius 1 is 1.43 bits per heavy atom. The molecule has 0 aliphatic heterocycles. The second-order valence-electron chi connectivity index (χ2n) is 5.42. The maximum atomic E-state index is 5.83. The first kappa shape index (κ1) is 15.0. The Bertz CT molecular complexity index is 614. The lowest BCUT2D eigenvalue weighted by atomic mass is 10.1. The number of rotatable bonds is 5. The normalized spacial score (nSPS) is 11.9. The maximum absolute atomic E-state index is 5.83. The molecular formula is C15H22N6. The van der Waals surface area contributed by atoms with Crippen molar-refractivity contribution >= 4 is 5.96 Å². The van der Waals surface area contributed by atoms with Gasteiger partial charge in [-0.25, -0.2) is 9.98 Å². The summed E-state index contributed by atoms with van der Waals surface area (Å²) in [5.41, 5.74) is 7.88. The van der Waals surface area contributed by atoms with Crippen LogP contribution in [0, 0.1) is 12.8 Å². The molecule has 1 aromatic carbocycles. The Kier molecular flexibility index (Phi) is 4.92. The van der Waals surface area contributed by atoms with Crippen molar-refractivity contribution in [2.45, 2.75) is 27.3 Å². The van der Waals surface area contributed by atoms with E-state index in [9.17, 15) is 0 Å². The van der Waals surface area contributed by atoms with Crippen molar-refractivity contribution in [2.24, 2.45) is 16.6 Å². The Morgan fingerprint density at radius 3 is 2.90 bits per heavy atom. The molecule has 2 rings (SSSR count). The molecule has 1 heterocycles. The number of benzene rings is 1. The topological polar surface area (TPSA) is 92.0 Å². The van der Waals surface area contributed by atoms with Gasteiger partial charge in [0.05, 0.1) is 6.54 Å². The minimum absolute atomic E-state index is 0.475. The minimum Gasteiger partial charge on any atom is -0.370 e. The third-order valence-electron chi connectivity index (χ3n) is 2.91. The van der Waals surface area contributed by atoms with Crippen LogP contribution in [0.3, 0.4) is 0 Å². The Morgan fingerprint density at radius 2 is 2.24 bits per heavy atom. The highest BCUT2D eigenvalue weighted by Gasteiger charge is 2.04. The molecule has 112 valence electrons. The lowest BCUT2D eigenvalue weighted by molar-refractivity contribution is 0.622.